The Kier molecular flexibility index (Phi) is 2.95. The van der Waals surface area contributed by atoms with Gasteiger partial charge in [0.15, 0.2) is 5.82 Å². The van der Waals surface area contributed by atoms with Crippen molar-refractivity contribution in [1.29, 1.82) is 0 Å². The lowest BCUT2D eigenvalue weighted by Crippen LogP contribution is -2.11. The number of pyridine rings is 1. The number of benzene rings is 1. The molecule has 0 aliphatic heterocycles. The van der Waals surface area contributed by atoms with E-state index in [9.17, 15) is 4.79 Å². The zero-order chi connectivity index (χ0) is 14.1. The first-order valence-corrected chi connectivity index (χ1v) is 6.19. The summed E-state index contributed by atoms with van der Waals surface area (Å²) >= 11 is 0. The molecule has 5 heteroatoms. The number of methoxy groups -OCH3 is 1. The van der Waals surface area contributed by atoms with Crippen molar-refractivity contribution < 1.29 is 4.74 Å². The molecule has 0 bridgehead atoms. The molecule has 0 fully saturated rings. The van der Waals surface area contributed by atoms with Crippen LogP contribution >= 0.6 is 0 Å². The van der Waals surface area contributed by atoms with E-state index < -0.39 is 0 Å². The average Bonchev–Trinajstić information content (AvgIpc) is 2.49. The number of nitrogens with one attached hydrogen (secondary N) is 1. The smallest absolute Gasteiger partial charge is 0.259 e. The van der Waals surface area contributed by atoms with E-state index in [2.05, 4.69) is 15.0 Å². The lowest BCUT2D eigenvalue weighted by molar-refractivity contribution is 0.412. The van der Waals surface area contributed by atoms with E-state index in [1.54, 1.807) is 31.5 Å². The predicted octanol–water partition coefficient (Wildman–Crippen LogP) is 2.30. The van der Waals surface area contributed by atoms with Crippen molar-refractivity contribution in [3.8, 4) is 17.3 Å². The van der Waals surface area contributed by atoms with Gasteiger partial charge in [0.1, 0.15) is 11.4 Å². The Morgan fingerprint density at radius 3 is 2.75 bits per heavy atom. The van der Waals surface area contributed by atoms with Crippen molar-refractivity contribution in [3.63, 3.8) is 0 Å². The molecule has 3 rings (SSSR count). The molecule has 0 unspecified atom stereocenters. The summed E-state index contributed by atoms with van der Waals surface area (Å²) in [5.41, 5.74) is 1.93. The van der Waals surface area contributed by atoms with E-state index in [1.165, 1.54) is 0 Å². The van der Waals surface area contributed by atoms with Gasteiger partial charge in [0.25, 0.3) is 5.56 Å². The van der Waals surface area contributed by atoms with E-state index >= 15 is 0 Å². The summed E-state index contributed by atoms with van der Waals surface area (Å²) in [6.07, 6.45) is 1.66. The fourth-order valence-corrected chi connectivity index (χ4v) is 2.17. The second-order valence-electron chi connectivity index (χ2n) is 4.42. The van der Waals surface area contributed by atoms with Crippen LogP contribution in [0.5, 0.6) is 5.75 Å². The molecule has 0 radical (unpaired) electrons. The van der Waals surface area contributed by atoms with Crippen LogP contribution in [-0.2, 0) is 0 Å². The Balaban J connectivity index is 2.33. The molecule has 3 aromatic rings. The molecule has 100 valence electrons. The monoisotopic (exact) mass is 267 g/mol. The summed E-state index contributed by atoms with van der Waals surface area (Å²) in [6, 6.07) is 8.96. The highest BCUT2D eigenvalue weighted by Crippen LogP contribution is 2.24. The second kappa shape index (κ2) is 4.77. The second-order valence-corrected chi connectivity index (χ2v) is 4.42. The van der Waals surface area contributed by atoms with E-state index in [-0.39, 0.29) is 5.56 Å². The SMILES string of the molecule is COc1ccc2c(=O)[nH]c(-c3ccccn3)nc2c1C. The Bertz CT molecular complexity index is 826. The Labute approximate surface area is 115 Å². The number of aromatic amines is 1. The molecular formula is C15H13N3O2. The summed E-state index contributed by atoms with van der Waals surface area (Å²) in [6.45, 7) is 1.88. The standard InChI is InChI=1S/C15H13N3O2/c1-9-12(20-2)7-6-10-13(9)17-14(18-15(10)19)11-5-3-4-8-16-11/h3-8H,1-2H3,(H,17,18,19). The first kappa shape index (κ1) is 12.3. The number of hydrogen-bond acceptors (Lipinski definition) is 4. The number of hydrogen-bond donors (Lipinski definition) is 1. The number of ether oxygens (including phenoxy) is 1. The quantitative estimate of drug-likeness (QED) is 0.773. The Morgan fingerprint density at radius 1 is 1.20 bits per heavy atom. The molecule has 2 heterocycles. The highest BCUT2D eigenvalue weighted by atomic mass is 16.5. The summed E-state index contributed by atoms with van der Waals surface area (Å²) < 4.78 is 5.27. The third-order valence-electron chi connectivity index (χ3n) is 3.21. The maximum Gasteiger partial charge on any atom is 0.259 e. The van der Waals surface area contributed by atoms with Crippen molar-refractivity contribution >= 4 is 10.9 Å². The average molecular weight is 267 g/mol. The third-order valence-corrected chi connectivity index (χ3v) is 3.21. The fourth-order valence-electron chi connectivity index (χ4n) is 2.17. The van der Waals surface area contributed by atoms with Gasteiger partial charge in [-0.3, -0.25) is 9.78 Å². The minimum atomic E-state index is -0.179. The molecule has 0 saturated carbocycles. The number of rotatable bonds is 2. The highest BCUT2D eigenvalue weighted by Gasteiger charge is 2.11. The number of H-pyrrole nitrogens is 1. The summed E-state index contributed by atoms with van der Waals surface area (Å²) in [4.78, 5) is 23.6. The van der Waals surface area contributed by atoms with Crippen LogP contribution in [0.3, 0.4) is 0 Å². The first-order chi connectivity index (χ1) is 9.70. The molecule has 20 heavy (non-hydrogen) atoms. The maximum atomic E-state index is 12.2. The molecule has 0 aliphatic rings. The topological polar surface area (TPSA) is 67.9 Å². The van der Waals surface area contributed by atoms with Crippen molar-refractivity contribution in [3.05, 3.63) is 52.4 Å². The molecule has 1 N–H and O–H groups in total. The maximum absolute atomic E-state index is 12.2. The van der Waals surface area contributed by atoms with Crippen molar-refractivity contribution in [2.45, 2.75) is 6.92 Å². The van der Waals surface area contributed by atoms with Crippen LogP contribution in [-0.4, -0.2) is 22.1 Å². The molecule has 0 atom stereocenters. The normalized spacial score (nSPS) is 10.7. The highest BCUT2D eigenvalue weighted by molar-refractivity contribution is 5.84. The lowest BCUT2D eigenvalue weighted by Gasteiger charge is -2.08. The van der Waals surface area contributed by atoms with Gasteiger partial charge in [0.2, 0.25) is 0 Å². The van der Waals surface area contributed by atoms with Crippen LogP contribution in [0.1, 0.15) is 5.56 Å². The van der Waals surface area contributed by atoms with E-state index in [1.807, 2.05) is 19.1 Å². The first-order valence-electron chi connectivity index (χ1n) is 6.19. The molecule has 0 saturated heterocycles. The third kappa shape index (κ3) is 1.93. The summed E-state index contributed by atoms with van der Waals surface area (Å²) in [7, 11) is 1.60. The van der Waals surface area contributed by atoms with E-state index in [0.29, 0.717) is 28.2 Å². The molecule has 0 amide bonds. The van der Waals surface area contributed by atoms with Crippen molar-refractivity contribution in [2.24, 2.45) is 0 Å². The minimum Gasteiger partial charge on any atom is -0.496 e. The van der Waals surface area contributed by atoms with Crippen LogP contribution < -0.4 is 10.3 Å². The summed E-state index contributed by atoms with van der Waals surface area (Å²) in [5.74, 6) is 1.17. The Morgan fingerprint density at radius 2 is 2.05 bits per heavy atom. The van der Waals surface area contributed by atoms with Gasteiger partial charge in [-0.05, 0) is 31.2 Å². The van der Waals surface area contributed by atoms with Gasteiger partial charge in [-0.2, -0.15) is 0 Å². The van der Waals surface area contributed by atoms with E-state index in [4.69, 9.17) is 4.74 Å². The number of nitrogens with zero attached hydrogens (tertiary/aromatic N) is 2. The zero-order valence-corrected chi connectivity index (χ0v) is 11.2. The largest absolute Gasteiger partial charge is 0.496 e. The number of aryl methyl sites for hydroxylation is 1. The lowest BCUT2D eigenvalue weighted by atomic mass is 10.1. The molecule has 5 nitrogen and oxygen atoms in total. The molecule has 0 spiro atoms. The molecule has 0 aliphatic carbocycles. The van der Waals surface area contributed by atoms with Gasteiger partial charge < -0.3 is 9.72 Å². The molecular weight excluding hydrogens is 254 g/mol. The Hall–Kier alpha value is -2.69. The minimum absolute atomic E-state index is 0.179. The van der Waals surface area contributed by atoms with Gasteiger partial charge in [-0.25, -0.2) is 4.98 Å². The van der Waals surface area contributed by atoms with Crippen LogP contribution in [0.25, 0.3) is 22.4 Å². The van der Waals surface area contributed by atoms with Gasteiger partial charge >= 0.3 is 0 Å². The van der Waals surface area contributed by atoms with Crippen molar-refractivity contribution in [2.75, 3.05) is 7.11 Å². The van der Waals surface area contributed by atoms with E-state index in [0.717, 1.165) is 5.56 Å². The number of fused-ring (bicyclic) bond motifs is 1. The van der Waals surface area contributed by atoms with Gasteiger partial charge in [0, 0.05) is 11.8 Å². The zero-order valence-electron chi connectivity index (χ0n) is 11.2. The molecule has 2 aromatic heterocycles. The van der Waals surface area contributed by atoms with Crippen LogP contribution in [0.4, 0.5) is 0 Å². The van der Waals surface area contributed by atoms with Gasteiger partial charge in [0.05, 0.1) is 18.0 Å². The fraction of sp³-hybridized carbons (Fsp3) is 0.133. The van der Waals surface area contributed by atoms with Crippen LogP contribution in [0, 0.1) is 6.92 Å². The van der Waals surface area contributed by atoms with Crippen molar-refractivity contribution in [1.82, 2.24) is 15.0 Å². The predicted molar refractivity (Wildman–Crippen MR) is 76.9 cm³/mol. The van der Waals surface area contributed by atoms with Crippen LogP contribution in [0.15, 0.2) is 41.3 Å². The van der Waals surface area contributed by atoms with Crippen LogP contribution in [0.2, 0.25) is 0 Å². The number of aromatic nitrogens is 3. The molecule has 1 aromatic carbocycles. The van der Waals surface area contributed by atoms with Gasteiger partial charge in [-0.1, -0.05) is 6.07 Å². The van der Waals surface area contributed by atoms with Gasteiger partial charge in [-0.15, -0.1) is 0 Å². The summed E-state index contributed by atoms with van der Waals surface area (Å²) in [5, 5.41) is 0.544.